The van der Waals surface area contributed by atoms with Gasteiger partial charge in [-0.05, 0) is 30.3 Å². The molecule has 7 heteroatoms. The Morgan fingerprint density at radius 3 is 2.60 bits per heavy atom. The Morgan fingerprint density at radius 2 is 2.00 bits per heavy atom. The lowest BCUT2D eigenvalue weighted by Gasteiger charge is -2.11. The van der Waals surface area contributed by atoms with Crippen LogP contribution in [0.4, 0.5) is 18.9 Å². The molecule has 0 unspecified atom stereocenters. The Kier molecular flexibility index (Phi) is 4.21. The Morgan fingerprint density at radius 1 is 1.25 bits per heavy atom. The highest BCUT2D eigenvalue weighted by Gasteiger charge is 2.31. The maximum atomic E-state index is 12.6. The van der Waals surface area contributed by atoms with E-state index in [0.717, 1.165) is 17.0 Å². The SMILES string of the molecule is N#Cc1ccc(CNc2cc(Cl)cc(C(F)(F)F)c2)s1. The third kappa shape index (κ3) is 3.65. The Labute approximate surface area is 122 Å². The van der Waals surface area contributed by atoms with Gasteiger partial charge in [0.25, 0.3) is 0 Å². The van der Waals surface area contributed by atoms with E-state index in [0.29, 0.717) is 11.4 Å². The van der Waals surface area contributed by atoms with Gasteiger partial charge in [-0.2, -0.15) is 18.4 Å². The van der Waals surface area contributed by atoms with Gasteiger partial charge in [-0.25, -0.2) is 0 Å². The summed E-state index contributed by atoms with van der Waals surface area (Å²) in [5, 5.41) is 11.6. The highest BCUT2D eigenvalue weighted by atomic mass is 35.5. The minimum Gasteiger partial charge on any atom is -0.380 e. The van der Waals surface area contributed by atoms with E-state index in [1.165, 1.54) is 17.4 Å². The lowest BCUT2D eigenvalue weighted by molar-refractivity contribution is -0.137. The molecule has 0 radical (unpaired) electrons. The second-order valence-electron chi connectivity index (χ2n) is 3.96. The van der Waals surface area contributed by atoms with Crippen molar-refractivity contribution in [1.82, 2.24) is 0 Å². The van der Waals surface area contributed by atoms with Crippen LogP contribution in [0.5, 0.6) is 0 Å². The number of thiophene rings is 1. The van der Waals surface area contributed by atoms with E-state index in [-0.39, 0.29) is 10.7 Å². The molecule has 0 saturated heterocycles. The molecule has 1 N–H and O–H groups in total. The van der Waals surface area contributed by atoms with Crippen molar-refractivity contribution in [2.75, 3.05) is 5.32 Å². The van der Waals surface area contributed by atoms with Crippen LogP contribution in [0.25, 0.3) is 0 Å². The third-order valence-electron chi connectivity index (χ3n) is 2.46. The minimum absolute atomic E-state index is 0.0196. The first kappa shape index (κ1) is 14.7. The molecule has 0 amide bonds. The van der Waals surface area contributed by atoms with Crippen LogP contribution < -0.4 is 5.32 Å². The third-order valence-corrected chi connectivity index (χ3v) is 3.67. The molecule has 0 aliphatic rings. The topological polar surface area (TPSA) is 35.8 Å². The number of alkyl halides is 3. The van der Waals surface area contributed by atoms with Crippen molar-refractivity contribution in [2.24, 2.45) is 0 Å². The molecule has 0 bridgehead atoms. The van der Waals surface area contributed by atoms with Crippen molar-refractivity contribution in [1.29, 1.82) is 5.26 Å². The molecule has 104 valence electrons. The standard InChI is InChI=1S/C13H8ClF3N2S/c14-9-3-8(13(15,16)17)4-10(5-9)19-7-12-2-1-11(6-18)20-12/h1-5,19H,7H2. The largest absolute Gasteiger partial charge is 0.416 e. The van der Waals surface area contributed by atoms with Gasteiger partial charge in [0.15, 0.2) is 0 Å². The molecule has 20 heavy (non-hydrogen) atoms. The van der Waals surface area contributed by atoms with Crippen LogP contribution in [-0.4, -0.2) is 0 Å². The Balaban J connectivity index is 2.13. The van der Waals surface area contributed by atoms with E-state index in [9.17, 15) is 13.2 Å². The predicted octanol–water partition coefficient (Wildman–Crippen LogP) is 4.90. The minimum atomic E-state index is -4.43. The molecule has 1 heterocycles. The number of anilines is 1. The summed E-state index contributed by atoms with van der Waals surface area (Å²) in [6, 6.07) is 8.74. The van der Waals surface area contributed by atoms with Gasteiger partial charge < -0.3 is 5.32 Å². The van der Waals surface area contributed by atoms with Crippen molar-refractivity contribution >= 4 is 28.6 Å². The summed E-state index contributed by atoms with van der Waals surface area (Å²) < 4.78 is 37.9. The second kappa shape index (κ2) is 5.73. The zero-order chi connectivity index (χ0) is 14.8. The van der Waals surface area contributed by atoms with Crippen LogP contribution in [-0.2, 0) is 12.7 Å². The average molecular weight is 317 g/mol. The molecule has 0 fully saturated rings. The molecular formula is C13H8ClF3N2S. The summed E-state index contributed by atoms with van der Waals surface area (Å²) in [7, 11) is 0. The number of nitrogens with one attached hydrogen (secondary N) is 1. The molecule has 0 atom stereocenters. The normalized spacial score (nSPS) is 11.2. The monoisotopic (exact) mass is 316 g/mol. The summed E-state index contributed by atoms with van der Waals surface area (Å²) in [6.45, 7) is 0.337. The Hall–Kier alpha value is -1.71. The van der Waals surface area contributed by atoms with Gasteiger partial charge in [0.1, 0.15) is 10.9 Å². The van der Waals surface area contributed by atoms with E-state index >= 15 is 0 Å². The highest BCUT2D eigenvalue weighted by molar-refractivity contribution is 7.12. The van der Waals surface area contributed by atoms with Crippen molar-refractivity contribution in [3.63, 3.8) is 0 Å². The smallest absolute Gasteiger partial charge is 0.380 e. The van der Waals surface area contributed by atoms with E-state index in [1.54, 1.807) is 12.1 Å². The van der Waals surface area contributed by atoms with Gasteiger partial charge in [0.2, 0.25) is 0 Å². The lowest BCUT2D eigenvalue weighted by atomic mass is 10.2. The number of rotatable bonds is 3. The summed E-state index contributed by atoms with van der Waals surface area (Å²) in [5.41, 5.74) is -0.506. The second-order valence-corrected chi connectivity index (χ2v) is 5.56. The fourth-order valence-electron chi connectivity index (χ4n) is 1.58. The van der Waals surface area contributed by atoms with Gasteiger partial charge in [-0.15, -0.1) is 11.3 Å². The number of halogens is 4. The fourth-order valence-corrected chi connectivity index (χ4v) is 2.56. The number of nitrogens with zero attached hydrogens (tertiary/aromatic N) is 1. The first-order valence-corrected chi connectivity index (χ1v) is 6.68. The van der Waals surface area contributed by atoms with Crippen molar-refractivity contribution in [3.8, 4) is 6.07 Å². The maximum absolute atomic E-state index is 12.6. The van der Waals surface area contributed by atoms with E-state index in [4.69, 9.17) is 16.9 Å². The van der Waals surface area contributed by atoms with Crippen LogP contribution >= 0.6 is 22.9 Å². The number of benzene rings is 1. The highest BCUT2D eigenvalue weighted by Crippen LogP contribution is 2.33. The maximum Gasteiger partial charge on any atom is 0.416 e. The van der Waals surface area contributed by atoms with E-state index in [2.05, 4.69) is 5.32 Å². The van der Waals surface area contributed by atoms with Crippen molar-refractivity contribution in [3.05, 3.63) is 50.7 Å². The van der Waals surface area contributed by atoms with Crippen LogP contribution in [0.15, 0.2) is 30.3 Å². The zero-order valence-electron chi connectivity index (χ0n) is 9.96. The van der Waals surface area contributed by atoms with E-state index in [1.807, 2.05) is 6.07 Å². The Bertz CT molecular complexity index is 658. The number of hydrogen-bond acceptors (Lipinski definition) is 3. The molecule has 0 saturated carbocycles. The fraction of sp³-hybridized carbons (Fsp3) is 0.154. The van der Waals surface area contributed by atoms with Crippen LogP contribution in [0, 0.1) is 11.3 Å². The van der Waals surface area contributed by atoms with Crippen LogP contribution in [0.2, 0.25) is 5.02 Å². The van der Waals surface area contributed by atoms with Gasteiger partial charge in [0.05, 0.1) is 5.56 Å². The van der Waals surface area contributed by atoms with Crippen LogP contribution in [0.3, 0.4) is 0 Å². The van der Waals surface area contributed by atoms with Gasteiger partial charge in [-0.3, -0.25) is 0 Å². The molecule has 2 rings (SSSR count). The molecule has 0 aliphatic carbocycles. The van der Waals surface area contributed by atoms with Gasteiger partial charge >= 0.3 is 6.18 Å². The van der Waals surface area contributed by atoms with Gasteiger partial charge in [0, 0.05) is 22.1 Å². The first-order chi connectivity index (χ1) is 9.38. The summed E-state index contributed by atoms with van der Waals surface area (Å²) in [4.78, 5) is 1.42. The summed E-state index contributed by atoms with van der Waals surface area (Å²) in [5.74, 6) is 0. The lowest BCUT2D eigenvalue weighted by Crippen LogP contribution is -2.06. The average Bonchev–Trinajstić information content (AvgIpc) is 2.82. The van der Waals surface area contributed by atoms with Gasteiger partial charge in [-0.1, -0.05) is 11.6 Å². The molecular weight excluding hydrogens is 309 g/mol. The van der Waals surface area contributed by atoms with Crippen LogP contribution in [0.1, 0.15) is 15.3 Å². The summed E-state index contributed by atoms with van der Waals surface area (Å²) in [6.07, 6.45) is -4.43. The molecule has 1 aromatic heterocycles. The molecule has 2 nitrogen and oxygen atoms in total. The molecule has 0 aliphatic heterocycles. The summed E-state index contributed by atoms with van der Waals surface area (Å²) >= 11 is 6.97. The predicted molar refractivity (Wildman–Crippen MR) is 72.8 cm³/mol. The first-order valence-electron chi connectivity index (χ1n) is 5.49. The molecule has 2 aromatic rings. The van der Waals surface area contributed by atoms with E-state index < -0.39 is 11.7 Å². The quantitative estimate of drug-likeness (QED) is 0.873. The number of hydrogen-bond donors (Lipinski definition) is 1. The molecule has 0 spiro atoms. The van der Waals surface area contributed by atoms with Crippen molar-refractivity contribution < 1.29 is 13.2 Å². The number of nitriles is 1. The van der Waals surface area contributed by atoms with Crippen molar-refractivity contribution in [2.45, 2.75) is 12.7 Å². The molecule has 1 aromatic carbocycles. The zero-order valence-corrected chi connectivity index (χ0v) is 11.5.